The lowest BCUT2D eigenvalue weighted by molar-refractivity contribution is -0.0717. The summed E-state index contributed by atoms with van der Waals surface area (Å²) in [4.78, 5) is 5.53. The number of nitrogens with zero attached hydrogens (tertiary/aromatic N) is 2. The van der Waals surface area contributed by atoms with Crippen LogP contribution >= 0.6 is 11.6 Å². The van der Waals surface area contributed by atoms with Crippen LogP contribution in [0.5, 0.6) is 0 Å². The van der Waals surface area contributed by atoms with Gasteiger partial charge in [0.05, 0.1) is 24.3 Å². The average molecular weight is 296 g/mol. The van der Waals surface area contributed by atoms with Crippen molar-refractivity contribution >= 4 is 17.3 Å². The number of morpholine rings is 1. The van der Waals surface area contributed by atoms with Gasteiger partial charge in [-0.2, -0.15) is 0 Å². The fourth-order valence-corrected chi connectivity index (χ4v) is 3.11. The molecule has 0 unspecified atom stereocenters. The first-order valence-electron chi connectivity index (χ1n) is 6.62. The molecule has 2 heterocycles. The van der Waals surface area contributed by atoms with E-state index in [0.29, 0.717) is 18.2 Å². The Morgan fingerprint density at radius 3 is 3.15 bits per heavy atom. The van der Waals surface area contributed by atoms with Crippen molar-refractivity contribution in [2.45, 2.75) is 12.1 Å². The molecule has 2 atom stereocenters. The molecule has 0 bridgehead atoms. The minimum atomic E-state index is -0.579. The maximum atomic E-state index is 13.5. The molecule has 0 spiro atoms. The summed E-state index contributed by atoms with van der Waals surface area (Å²) in [7, 11) is 0. The van der Waals surface area contributed by atoms with Crippen LogP contribution in [0.2, 0.25) is 5.02 Å². The minimum absolute atomic E-state index is 0.116. The minimum Gasteiger partial charge on any atom is -0.371 e. The van der Waals surface area contributed by atoms with Crippen LogP contribution in [-0.2, 0) is 4.74 Å². The SMILES string of the molecule is [C-]#[N+]c1c(F)ccc([C@@H]2CN3CCNC[C@H]3CO2)c1Cl. The molecule has 20 heavy (non-hydrogen) atoms. The Morgan fingerprint density at radius 2 is 2.35 bits per heavy atom. The lowest BCUT2D eigenvalue weighted by Crippen LogP contribution is -2.57. The molecule has 2 fully saturated rings. The van der Waals surface area contributed by atoms with Gasteiger partial charge >= 0.3 is 0 Å². The molecule has 1 aromatic rings. The van der Waals surface area contributed by atoms with E-state index in [2.05, 4.69) is 15.1 Å². The van der Waals surface area contributed by atoms with E-state index >= 15 is 0 Å². The fraction of sp³-hybridized carbons (Fsp3) is 0.500. The van der Waals surface area contributed by atoms with Gasteiger partial charge in [0.25, 0.3) is 0 Å². The van der Waals surface area contributed by atoms with Gasteiger partial charge < -0.3 is 10.1 Å². The monoisotopic (exact) mass is 295 g/mol. The molecule has 3 rings (SSSR count). The molecule has 1 aromatic carbocycles. The van der Waals surface area contributed by atoms with E-state index in [0.717, 1.165) is 26.2 Å². The van der Waals surface area contributed by atoms with Crippen LogP contribution in [0.15, 0.2) is 12.1 Å². The summed E-state index contributed by atoms with van der Waals surface area (Å²) in [5.74, 6) is -0.579. The quantitative estimate of drug-likeness (QED) is 0.807. The number of nitrogens with one attached hydrogen (secondary N) is 1. The lowest BCUT2D eigenvalue weighted by Gasteiger charge is -2.43. The van der Waals surface area contributed by atoms with Gasteiger partial charge in [-0.1, -0.05) is 17.7 Å². The largest absolute Gasteiger partial charge is 0.371 e. The Hall–Kier alpha value is -1.19. The summed E-state index contributed by atoms with van der Waals surface area (Å²) in [6.45, 7) is 11.2. The van der Waals surface area contributed by atoms with E-state index in [1.54, 1.807) is 6.07 Å². The highest BCUT2D eigenvalue weighted by Crippen LogP contribution is 2.37. The van der Waals surface area contributed by atoms with Gasteiger partial charge in [-0.15, -0.1) is 0 Å². The predicted octanol–water partition coefficient (Wildman–Crippen LogP) is 2.37. The van der Waals surface area contributed by atoms with E-state index in [1.807, 2.05) is 0 Å². The Kier molecular flexibility index (Phi) is 3.90. The van der Waals surface area contributed by atoms with Crippen molar-refractivity contribution in [3.63, 3.8) is 0 Å². The molecule has 0 amide bonds. The maximum Gasteiger partial charge on any atom is 0.240 e. The van der Waals surface area contributed by atoms with Crippen molar-refractivity contribution < 1.29 is 9.13 Å². The molecule has 0 aliphatic carbocycles. The van der Waals surface area contributed by atoms with Crippen molar-refractivity contribution in [2.24, 2.45) is 0 Å². The van der Waals surface area contributed by atoms with Crippen LogP contribution in [0.3, 0.4) is 0 Å². The summed E-state index contributed by atoms with van der Waals surface area (Å²) < 4.78 is 19.4. The number of ether oxygens (including phenoxy) is 1. The average Bonchev–Trinajstić information content (AvgIpc) is 2.47. The zero-order valence-electron chi connectivity index (χ0n) is 10.9. The Morgan fingerprint density at radius 1 is 1.50 bits per heavy atom. The molecule has 2 aliphatic rings. The number of halogens is 2. The summed E-state index contributed by atoms with van der Waals surface area (Å²) >= 11 is 6.16. The molecule has 4 nitrogen and oxygen atoms in total. The summed E-state index contributed by atoms with van der Waals surface area (Å²) in [5.41, 5.74) is 0.589. The van der Waals surface area contributed by atoms with Gasteiger partial charge in [0, 0.05) is 32.2 Å². The summed E-state index contributed by atoms with van der Waals surface area (Å²) in [6, 6.07) is 3.31. The molecule has 0 aromatic heterocycles. The molecule has 2 aliphatic heterocycles. The van der Waals surface area contributed by atoms with Crippen LogP contribution in [0.1, 0.15) is 11.7 Å². The molecular weight excluding hydrogens is 281 g/mol. The smallest absolute Gasteiger partial charge is 0.240 e. The standard InChI is InChI=1S/C14H15ClFN3O/c1-17-14-11(16)3-2-10(13(14)15)12-7-19-5-4-18-6-9(19)8-20-12/h2-3,9,12,18H,4-8H2/t9-,12-/m0/s1. The topological polar surface area (TPSA) is 28.9 Å². The number of hydrogen-bond donors (Lipinski definition) is 1. The first kappa shape index (κ1) is 13.8. The number of benzene rings is 1. The van der Waals surface area contributed by atoms with E-state index in [-0.39, 0.29) is 16.8 Å². The van der Waals surface area contributed by atoms with Crippen LogP contribution in [0.4, 0.5) is 10.1 Å². The molecular formula is C14H15ClFN3O. The third kappa shape index (κ3) is 2.40. The zero-order chi connectivity index (χ0) is 14.1. The highest BCUT2D eigenvalue weighted by molar-refractivity contribution is 6.34. The molecule has 0 radical (unpaired) electrons. The second-order valence-electron chi connectivity index (χ2n) is 5.09. The Bertz CT molecular complexity index is 560. The Labute approximate surface area is 122 Å². The highest BCUT2D eigenvalue weighted by atomic mass is 35.5. The molecule has 0 saturated carbocycles. The van der Waals surface area contributed by atoms with Gasteiger partial charge in [-0.25, -0.2) is 9.24 Å². The predicted molar refractivity (Wildman–Crippen MR) is 74.6 cm³/mol. The lowest BCUT2D eigenvalue weighted by atomic mass is 10.0. The Balaban J connectivity index is 1.85. The number of fused-ring (bicyclic) bond motifs is 1. The van der Waals surface area contributed by atoms with Crippen molar-refractivity contribution in [3.05, 3.63) is 40.0 Å². The number of piperazine rings is 1. The van der Waals surface area contributed by atoms with Crippen LogP contribution in [0, 0.1) is 12.4 Å². The van der Waals surface area contributed by atoms with Crippen molar-refractivity contribution in [1.29, 1.82) is 0 Å². The summed E-state index contributed by atoms with van der Waals surface area (Å²) in [6.07, 6.45) is -0.196. The van der Waals surface area contributed by atoms with Crippen LogP contribution in [-0.4, -0.2) is 43.7 Å². The van der Waals surface area contributed by atoms with Crippen molar-refractivity contribution in [1.82, 2.24) is 10.2 Å². The molecule has 1 N–H and O–H groups in total. The fourth-order valence-electron chi connectivity index (χ4n) is 2.80. The maximum absolute atomic E-state index is 13.5. The first-order valence-corrected chi connectivity index (χ1v) is 7.00. The van der Waals surface area contributed by atoms with Gasteiger partial charge in [0.2, 0.25) is 5.69 Å². The van der Waals surface area contributed by atoms with E-state index in [1.165, 1.54) is 6.07 Å². The summed E-state index contributed by atoms with van der Waals surface area (Å²) in [5, 5.41) is 3.52. The molecule has 2 saturated heterocycles. The van der Waals surface area contributed by atoms with Crippen molar-refractivity contribution in [2.75, 3.05) is 32.8 Å². The van der Waals surface area contributed by atoms with Gasteiger partial charge in [-0.05, 0) is 11.6 Å². The van der Waals surface area contributed by atoms with Crippen LogP contribution in [0.25, 0.3) is 4.85 Å². The van der Waals surface area contributed by atoms with Gasteiger partial charge in [0.15, 0.2) is 0 Å². The first-order chi connectivity index (χ1) is 9.70. The normalized spacial score (nSPS) is 26.9. The van der Waals surface area contributed by atoms with Crippen LogP contribution < -0.4 is 5.32 Å². The van der Waals surface area contributed by atoms with E-state index < -0.39 is 5.82 Å². The van der Waals surface area contributed by atoms with Gasteiger partial charge in [0.1, 0.15) is 5.82 Å². The third-order valence-corrected chi connectivity index (χ3v) is 4.31. The molecule has 106 valence electrons. The molecule has 6 heteroatoms. The second kappa shape index (κ2) is 5.66. The number of rotatable bonds is 1. The highest BCUT2D eigenvalue weighted by Gasteiger charge is 2.32. The second-order valence-corrected chi connectivity index (χ2v) is 5.46. The van der Waals surface area contributed by atoms with Crippen molar-refractivity contribution in [3.8, 4) is 0 Å². The van der Waals surface area contributed by atoms with E-state index in [9.17, 15) is 4.39 Å². The third-order valence-electron chi connectivity index (χ3n) is 3.92. The van der Waals surface area contributed by atoms with E-state index in [4.69, 9.17) is 22.9 Å². The van der Waals surface area contributed by atoms with Gasteiger partial charge in [-0.3, -0.25) is 4.90 Å². The zero-order valence-corrected chi connectivity index (χ0v) is 11.7. The number of hydrogen-bond acceptors (Lipinski definition) is 3.